The Morgan fingerprint density at radius 3 is 2.56 bits per heavy atom. The summed E-state index contributed by atoms with van der Waals surface area (Å²) in [6.45, 7) is 6.24. The first-order chi connectivity index (χ1) is 15.0. The number of nitrogens with zero attached hydrogens (tertiary/aromatic N) is 1. The van der Waals surface area contributed by atoms with E-state index >= 15 is 0 Å². The van der Waals surface area contributed by atoms with Gasteiger partial charge in [0.25, 0.3) is 0 Å². The van der Waals surface area contributed by atoms with E-state index in [-0.39, 0.29) is 29.9 Å². The van der Waals surface area contributed by atoms with Gasteiger partial charge in [-0.1, -0.05) is 31.2 Å². The quantitative estimate of drug-likeness (QED) is 0.168. The van der Waals surface area contributed by atoms with Gasteiger partial charge in [-0.15, -0.1) is 24.0 Å². The summed E-state index contributed by atoms with van der Waals surface area (Å²) in [5.74, 6) is 1.56. The number of carbonyl (C=O) groups is 1. The Morgan fingerprint density at radius 1 is 1.06 bits per heavy atom. The third-order valence-corrected chi connectivity index (χ3v) is 4.59. The fourth-order valence-electron chi connectivity index (χ4n) is 2.97. The molecule has 0 atom stereocenters. The van der Waals surface area contributed by atoms with Crippen LogP contribution in [0.1, 0.15) is 36.5 Å². The van der Waals surface area contributed by atoms with Crippen LogP contribution in [0.3, 0.4) is 0 Å². The fraction of sp³-hybridized carbons (Fsp3) is 0.417. The molecule has 0 aliphatic carbocycles. The van der Waals surface area contributed by atoms with Crippen LogP contribution in [0.5, 0.6) is 5.75 Å². The molecule has 0 bridgehead atoms. The molecule has 0 spiro atoms. The summed E-state index contributed by atoms with van der Waals surface area (Å²) in [7, 11) is 3.40. The number of hydrogen-bond donors (Lipinski definition) is 3. The number of nitrogens with one attached hydrogen (secondary N) is 3. The molecule has 0 saturated carbocycles. The van der Waals surface area contributed by atoms with Crippen molar-refractivity contribution in [3.63, 3.8) is 0 Å². The second-order valence-corrected chi connectivity index (χ2v) is 7.23. The van der Waals surface area contributed by atoms with Crippen molar-refractivity contribution in [1.29, 1.82) is 0 Å². The SMILES string of the molecule is CCCC(=O)Nc1cccc(CNC(=NC)NCc2ccc(C)cc2OCCOC)c1.I. The lowest BCUT2D eigenvalue weighted by atomic mass is 10.1. The Bertz CT molecular complexity index is 874. The van der Waals surface area contributed by atoms with Crippen molar-refractivity contribution in [2.75, 3.05) is 32.7 Å². The molecule has 0 saturated heterocycles. The average molecular weight is 554 g/mol. The van der Waals surface area contributed by atoms with Gasteiger partial charge < -0.3 is 25.4 Å². The lowest BCUT2D eigenvalue weighted by Crippen LogP contribution is -2.36. The number of rotatable bonds is 11. The van der Waals surface area contributed by atoms with Crippen LogP contribution in [0.25, 0.3) is 0 Å². The Morgan fingerprint density at radius 2 is 1.84 bits per heavy atom. The first-order valence-electron chi connectivity index (χ1n) is 10.6. The normalized spacial score (nSPS) is 10.8. The maximum atomic E-state index is 11.8. The van der Waals surface area contributed by atoms with E-state index in [0.717, 1.165) is 34.5 Å². The minimum atomic E-state index is 0. The lowest BCUT2D eigenvalue weighted by molar-refractivity contribution is -0.116. The zero-order valence-electron chi connectivity index (χ0n) is 19.4. The van der Waals surface area contributed by atoms with Gasteiger partial charge in [0.1, 0.15) is 12.4 Å². The molecule has 0 heterocycles. The Kier molecular flexibility index (Phi) is 13.4. The van der Waals surface area contributed by atoms with Gasteiger partial charge in [-0.2, -0.15) is 0 Å². The van der Waals surface area contributed by atoms with Crippen LogP contribution in [-0.4, -0.2) is 39.2 Å². The minimum absolute atomic E-state index is 0. The topological polar surface area (TPSA) is 84.0 Å². The van der Waals surface area contributed by atoms with Crippen molar-refractivity contribution in [1.82, 2.24) is 10.6 Å². The van der Waals surface area contributed by atoms with Crippen molar-refractivity contribution in [3.05, 3.63) is 59.2 Å². The monoisotopic (exact) mass is 554 g/mol. The fourth-order valence-corrected chi connectivity index (χ4v) is 2.97. The number of carbonyl (C=O) groups excluding carboxylic acids is 1. The minimum Gasteiger partial charge on any atom is -0.491 e. The van der Waals surface area contributed by atoms with Crippen LogP contribution in [0.4, 0.5) is 5.69 Å². The van der Waals surface area contributed by atoms with Gasteiger partial charge in [-0.05, 0) is 42.7 Å². The molecule has 2 aromatic carbocycles. The molecule has 32 heavy (non-hydrogen) atoms. The number of amides is 1. The zero-order valence-corrected chi connectivity index (χ0v) is 21.7. The van der Waals surface area contributed by atoms with Crippen LogP contribution in [-0.2, 0) is 22.6 Å². The third-order valence-electron chi connectivity index (χ3n) is 4.59. The highest BCUT2D eigenvalue weighted by Gasteiger charge is 2.07. The highest BCUT2D eigenvalue weighted by Crippen LogP contribution is 2.20. The van der Waals surface area contributed by atoms with Crippen LogP contribution >= 0.6 is 24.0 Å². The Labute approximate surface area is 208 Å². The van der Waals surface area contributed by atoms with E-state index in [9.17, 15) is 4.79 Å². The number of hydrogen-bond acceptors (Lipinski definition) is 4. The molecule has 0 aromatic heterocycles. The highest BCUT2D eigenvalue weighted by atomic mass is 127. The van der Waals surface area contributed by atoms with Gasteiger partial charge in [0.05, 0.1) is 6.61 Å². The summed E-state index contributed by atoms with van der Waals surface area (Å²) in [5.41, 5.74) is 4.05. The van der Waals surface area contributed by atoms with Crippen molar-refractivity contribution < 1.29 is 14.3 Å². The number of methoxy groups -OCH3 is 1. The predicted molar refractivity (Wildman–Crippen MR) is 141 cm³/mol. The molecule has 176 valence electrons. The molecular weight excluding hydrogens is 519 g/mol. The van der Waals surface area contributed by atoms with Crippen LogP contribution in [0.2, 0.25) is 0 Å². The summed E-state index contributed by atoms with van der Waals surface area (Å²) >= 11 is 0. The first-order valence-corrected chi connectivity index (χ1v) is 10.6. The second kappa shape index (κ2) is 15.5. The second-order valence-electron chi connectivity index (χ2n) is 7.23. The van der Waals surface area contributed by atoms with Crippen LogP contribution in [0.15, 0.2) is 47.5 Å². The van der Waals surface area contributed by atoms with E-state index in [2.05, 4.69) is 33.1 Å². The van der Waals surface area contributed by atoms with Gasteiger partial charge in [-0.25, -0.2) is 0 Å². The van der Waals surface area contributed by atoms with Crippen molar-refractivity contribution >= 4 is 41.5 Å². The van der Waals surface area contributed by atoms with Gasteiger partial charge in [-0.3, -0.25) is 9.79 Å². The van der Waals surface area contributed by atoms with E-state index in [4.69, 9.17) is 9.47 Å². The van der Waals surface area contributed by atoms with Gasteiger partial charge in [0, 0.05) is 44.9 Å². The predicted octanol–water partition coefficient (Wildman–Crippen LogP) is 4.24. The van der Waals surface area contributed by atoms with Crippen LogP contribution in [0, 0.1) is 6.92 Å². The van der Waals surface area contributed by atoms with Gasteiger partial charge in [0.15, 0.2) is 5.96 Å². The number of aliphatic imine (C=N–C) groups is 1. The van der Waals surface area contributed by atoms with E-state index in [1.807, 2.05) is 44.2 Å². The standard InChI is InChI=1S/C24H34N4O3.HI/c1-5-7-23(29)28-21-9-6-8-19(15-21)16-26-24(25-3)27-17-20-11-10-18(2)14-22(20)31-13-12-30-4;/h6,8-11,14-15H,5,7,12-13,16-17H2,1-4H3,(H,28,29)(H2,25,26,27);1H. The van der Waals surface area contributed by atoms with Crippen molar-refractivity contribution in [2.45, 2.75) is 39.8 Å². The van der Waals surface area contributed by atoms with E-state index in [1.54, 1.807) is 14.2 Å². The maximum Gasteiger partial charge on any atom is 0.224 e. The number of guanidine groups is 1. The number of ether oxygens (including phenoxy) is 2. The maximum absolute atomic E-state index is 11.8. The summed E-state index contributed by atoms with van der Waals surface area (Å²) < 4.78 is 10.9. The average Bonchev–Trinajstić information content (AvgIpc) is 2.75. The summed E-state index contributed by atoms with van der Waals surface area (Å²) in [6, 6.07) is 14.0. The number of benzene rings is 2. The molecule has 0 radical (unpaired) electrons. The molecular formula is C24H35IN4O3. The molecule has 3 N–H and O–H groups in total. The number of aryl methyl sites for hydroxylation is 1. The molecule has 2 rings (SSSR count). The van der Waals surface area contributed by atoms with E-state index in [1.165, 1.54) is 0 Å². The Balaban J connectivity index is 0.00000512. The zero-order chi connectivity index (χ0) is 22.5. The van der Waals surface area contributed by atoms with E-state index in [0.29, 0.717) is 38.7 Å². The highest BCUT2D eigenvalue weighted by molar-refractivity contribution is 14.0. The Hall–Kier alpha value is -2.33. The van der Waals surface area contributed by atoms with Crippen molar-refractivity contribution in [2.24, 2.45) is 4.99 Å². The summed E-state index contributed by atoms with van der Waals surface area (Å²) in [6.07, 6.45) is 1.35. The molecule has 7 nitrogen and oxygen atoms in total. The van der Waals surface area contributed by atoms with Gasteiger partial charge >= 0.3 is 0 Å². The van der Waals surface area contributed by atoms with Crippen LogP contribution < -0.4 is 20.7 Å². The molecule has 0 unspecified atom stereocenters. The molecule has 0 aliphatic rings. The summed E-state index contributed by atoms with van der Waals surface area (Å²) in [5, 5.41) is 9.57. The molecule has 1 amide bonds. The largest absolute Gasteiger partial charge is 0.491 e. The first kappa shape index (κ1) is 27.7. The van der Waals surface area contributed by atoms with Crippen molar-refractivity contribution in [3.8, 4) is 5.75 Å². The molecule has 2 aromatic rings. The smallest absolute Gasteiger partial charge is 0.224 e. The third kappa shape index (κ3) is 9.86. The van der Waals surface area contributed by atoms with Gasteiger partial charge in [0.2, 0.25) is 5.91 Å². The number of anilines is 1. The van der Waals surface area contributed by atoms with E-state index < -0.39 is 0 Å². The summed E-state index contributed by atoms with van der Waals surface area (Å²) in [4.78, 5) is 16.1. The number of halogens is 1. The lowest BCUT2D eigenvalue weighted by Gasteiger charge is -2.16. The molecule has 0 aliphatic heterocycles. The molecule has 8 heteroatoms. The molecule has 0 fully saturated rings.